The Bertz CT molecular complexity index is 840. The number of hydrogen-bond acceptors (Lipinski definition) is 1. The van der Waals surface area contributed by atoms with Crippen molar-refractivity contribution in [3.8, 4) is 0 Å². The Morgan fingerprint density at radius 1 is 0.714 bits per heavy atom. The third-order valence-electron chi connectivity index (χ3n) is 5.22. The molecule has 0 fully saturated rings. The quantitative estimate of drug-likeness (QED) is 0.380. The second-order valence-electron chi connectivity index (χ2n) is 8.14. The van der Waals surface area contributed by atoms with Crippen molar-refractivity contribution < 1.29 is 4.43 Å². The SMILES string of the molecule is C/C=C/C(O[Si](c1ccccc1)(c1ccccc1)C(C)(C)C)c1ccccc1. The number of benzene rings is 3. The molecule has 3 aromatic rings. The van der Waals surface area contributed by atoms with E-state index in [1.165, 1.54) is 15.9 Å². The third kappa shape index (κ3) is 4.03. The summed E-state index contributed by atoms with van der Waals surface area (Å²) in [7, 11) is -2.58. The van der Waals surface area contributed by atoms with Crippen LogP contribution in [0, 0.1) is 0 Å². The highest BCUT2D eigenvalue weighted by Gasteiger charge is 2.51. The highest BCUT2D eigenvalue weighted by atomic mass is 28.4. The fourth-order valence-corrected chi connectivity index (χ4v) is 8.53. The Morgan fingerprint density at radius 3 is 1.54 bits per heavy atom. The summed E-state index contributed by atoms with van der Waals surface area (Å²) >= 11 is 0. The zero-order chi connectivity index (χ0) is 20.0. The van der Waals surface area contributed by atoms with Crippen LogP contribution < -0.4 is 10.4 Å². The molecule has 1 nitrogen and oxygen atoms in total. The lowest BCUT2D eigenvalue weighted by Gasteiger charge is -2.44. The maximum Gasteiger partial charge on any atom is 0.262 e. The lowest BCUT2D eigenvalue weighted by atomic mass is 10.1. The standard InChI is InChI=1S/C26H30OSi/c1-5-15-25(22-16-9-6-10-17-22)27-28(26(2,3)4,23-18-11-7-12-19-23)24-20-13-8-14-21-24/h5-21,25H,1-4H3/b15-5+. The van der Waals surface area contributed by atoms with Crippen molar-refractivity contribution in [1.82, 2.24) is 0 Å². The molecule has 1 atom stereocenters. The minimum Gasteiger partial charge on any atom is -0.397 e. The van der Waals surface area contributed by atoms with Crippen molar-refractivity contribution >= 4 is 18.7 Å². The molecule has 0 bridgehead atoms. The van der Waals surface area contributed by atoms with Crippen LogP contribution in [0.1, 0.15) is 39.4 Å². The second-order valence-corrected chi connectivity index (χ2v) is 12.4. The smallest absolute Gasteiger partial charge is 0.262 e. The first kappa shape index (κ1) is 20.3. The normalized spacial score (nSPS) is 13.6. The van der Waals surface area contributed by atoms with E-state index in [0.717, 1.165) is 0 Å². The van der Waals surface area contributed by atoms with Gasteiger partial charge in [-0.25, -0.2) is 0 Å². The molecule has 3 rings (SSSR count). The predicted octanol–water partition coefficient (Wildman–Crippen LogP) is 5.88. The molecule has 0 heterocycles. The Balaban J connectivity index is 2.23. The van der Waals surface area contributed by atoms with E-state index >= 15 is 0 Å². The van der Waals surface area contributed by atoms with Crippen molar-refractivity contribution in [2.45, 2.75) is 38.8 Å². The van der Waals surface area contributed by atoms with Crippen LogP contribution in [-0.4, -0.2) is 8.32 Å². The van der Waals surface area contributed by atoms with Gasteiger partial charge in [0.25, 0.3) is 8.32 Å². The number of allylic oxidation sites excluding steroid dienone is 1. The van der Waals surface area contributed by atoms with Crippen molar-refractivity contribution in [2.24, 2.45) is 0 Å². The Hall–Kier alpha value is -2.42. The molecule has 0 aliphatic carbocycles. The lowest BCUT2D eigenvalue weighted by molar-refractivity contribution is 0.238. The summed E-state index contributed by atoms with van der Waals surface area (Å²) in [5.41, 5.74) is 1.19. The Labute approximate surface area is 170 Å². The maximum absolute atomic E-state index is 7.25. The van der Waals surface area contributed by atoms with E-state index < -0.39 is 8.32 Å². The molecule has 144 valence electrons. The van der Waals surface area contributed by atoms with E-state index in [-0.39, 0.29) is 11.1 Å². The van der Waals surface area contributed by atoms with Gasteiger partial charge in [-0.3, -0.25) is 0 Å². The van der Waals surface area contributed by atoms with Crippen molar-refractivity contribution in [2.75, 3.05) is 0 Å². The van der Waals surface area contributed by atoms with Crippen LogP contribution in [0.15, 0.2) is 103 Å². The molecule has 0 aromatic heterocycles. The molecule has 0 radical (unpaired) electrons. The van der Waals surface area contributed by atoms with Crippen LogP contribution in [0.4, 0.5) is 0 Å². The molecule has 0 aliphatic heterocycles. The predicted molar refractivity (Wildman–Crippen MR) is 123 cm³/mol. The van der Waals surface area contributed by atoms with Crippen LogP contribution in [-0.2, 0) is 4.43 Å². The molecule has 0 spiro atoms. The van der Waals surface area contributed by atoms with E-state index in [2.05, 4.69) is 131 Å². The van der Waals surface area contributed by atoms with E-state index in [0.29, 0.717) is 0 Å². The first-order valence-corrected chi connectivity index (χ1v) is 11.9. The van der Waals surface area contributed by atoms with Gasteiger partial charge in [0.15, 0.2) is 0 Å². The molecule has 0 amide bonds. The topological polar surface area (TPSA) is 9.23 Å². The van der Waals surface area contributed by atoms with Gasteiger partial charge in [-0.05, 0) is 27.9 Å². The molecule has 3 aromatic carbocycles. The summed E-state index contributed by atoms with van der Waals surface area (Å²) in [5, 5.41) is 2.57. The van der Waals surface area contributed by atoms with Crippen LogP contribution in [0.25, 0.3) is 0 Å². The van der Waals surface area contributed by atoms with Crippen LogP contribution in [0.2, 0.25) is 5.04 Å². The summed E-state index contributed by atoms with van der Waals surface area (Å²) in [6, 6.07) is 32.2. The fourth-order valence-electron chi connectivity index (χ4n) is 3.92. The monoisotopic (exact) mass is 386 g/mol. The maximum atomic E-state index is 7.25. The van der Waals surface area contributed by atoms with Crippen LogP contribution in [0.5, 0.6) is 0 Å². The molecule has 28 heavy (non-hydrogen) atoms. The van der Waals surface area contributed by atoms with Crippen molar-refractivity contribution in [3.63, 3.8) is 0 Å². The molecule has 2 heteroatoms. The zero-order valence-electron chi connectivity index (χ0n) is 17.3. The van der Waals surface area contributed by atoms with Gasteiger partial charge in [-0.1, -0.05) is 124 Å². The highest BCUT2D eigenvalue weighted by molar-refractivity contribution is 6.99. The van der Waals surface area contributed by atoms with Gasteiger partial charge in [0.05, 0.1) is 6.10 Å². The van der Waals surface area contributed by atoms with Gasteiger partial charge in [0.1, 0.15) is 0 Å². The highest BCUT2D eigenvalue weighted by Crippen LogP contribution is 2.40. The van der Waals surface area contributed by atoms with Gasteiger partial charge < -0.3 is 4.43 Å². The van der Waals surface area contributed by atoms with Crippen LogP contribution >= 0.6 is 0 Å². The molecule has 0 saturated carbocycles. The minimum absolute atomic E-state index is 0.0374. The van der Waals surface area contributed by atoms with E-state index in [1.54, 1.807) is 0 Å². The summed E-state index contributed by atoms with van der Waals surface area (Å²) in [6.07, 6.45) is 4.18. The van der Waals surface area contributed by atoms with Crippen molar-refractivity contribution in [3.05, 3.63) is 109 Å². The van der Waals surface area contributed by atoms with Gasteiger partial charge in [-0.2, -0.15) is 0 Å². The minimum atomic E-state index is -2.58. The lowest BCUT2D eigenvalue weighted by Crippen LogP contribution is -2.66. The van der Waals surface area contributed by atoms with Gasteiger partial charge in [-0.15, -0.1) is 0 Å². The van der Waals surface area contributed by atoms with E-state index in [4.69, 9.17) is 4.43 Å². The Kier molecular flexibility index (Phi) is 6.33. The Morgan fingerprint density at radius 2 is 1.14 bits per heavy atom. The molecule has 0 aliphatic rings. The third-order valence-corrected chi connectivity index (χ3v) is 10.2. The fraction of sp³-hybridized carbons (Fsp3) is 0.231. The van der Waals surface area contributed by atoms with Gasteiger partial charge in [0, 0.05) is 0 Å². The van der Waals surface area contributed by atoms with Crippen LogP contribution in [0.3, 0.4) is 0 Å². The van der Waals surface area contributed by atoms with E-state index in [9.17, 15) is 0 Å². The summed E-state index contributed by atoms with van der Waals surface area (Å²) in [5.74, 6) is 0. The van der Waals surface area contributed by atoms with Crippen molar-refractivity contribution in [1.29, 1.82) is 0 Å². The second kappa shape index (κ2) is 8.72. The van der Waals surface area contributed by atoms with Gasteiger partial charge in [0.2, 0.25) is 0 Å². The largest absolute Gasteiger partial charge is 0.397 e. The molecule has 0 N–H and O–H groups in total. The molecular weight excluding hydrogens is 356 g/mol. The average Bonchev–Trinajstić information content (AvgIpc) is 2.72. The number of rotatable bonds is 6. The molecule has 1 unspecified atom stereocenters. The zero-order valence-corrected chi connectivity index (χ0v) is 18.3. The molecule has 0 saturated heterocycles. The molecular formula is C26H30OSi. The average molecular weight is 387 g/mol. The van der Waals surface area contributed by atoms with Gasteiger partial charge >= 0.3 is 0 Å². The first-order chi connectivity index (χ1) is 13.5. The number of hydrogen-bond donors (Lipinski definition) is 0. The first-order valence-electron chi connectivity index (χ1n) is 9.95. The summed E-state index contributed by atoms with van der Waals surface area (Å²) in [6.45, 7) is 9.01. The summed E-state index contributed by atoms with van der Waals surface area (Å²) in [4.78, 5) is 0. The van der Waals surface area contributed by atoms with E-state index in [1.807, 2.05) is 0 Å². The summed E-state index contributed by atoms with van der Waals surface area (Å²) < 4.78 is 7.25.